The van der Waals surface area contributed by atoms with Crippen LogP contribution in [0.4, 0.5) is 11.4 Å². The summed E-state index contributed by atoms with van der Waals surface area (Å²) in [5.41, 5.74) is 1.38. The van der Waals surface area contributed by atoms with Crippen molar-refractivity contribution >= 4 is 17.3 Å². The average molecular weight is 280 g/mol. The normalized spacial score (nSPS) is 10.2. The second-order valence-electron chi connectivity index (χ2n) is 4.48. The van der Waals surface area contributed by atoms with Crippen molar-refractivity contribution in [1.29, 1.82) is 0 Å². The molecule has 6 nitrogen and oxygen atoms in total. The summed E-state index contributed by atoms with van der Waals surface area (Å²) >= 11 is 0. The Labute approximate surface area is 118 Å². The zero-order valence-corrected chi connectivity index (χ0v) is 12.1. The van der Waals surface area contributed by atoms with Gasteiger partial charge in [-0.2, -0.15) is 0 Å². The smallest absolute Gasteiger partial charge is 0.325 e. The maximum atomic E-state index is 11.6. The highest BCUT2D eigenvalue weighted by molar-refractivity contribution is 5.78. The van der Waals surface area contributed by atoms with E-state index in [0.29, 0.717) is 18.8 Å². The van der Waals surface area contributed by atoms with Crippen LogP contribution in [0.25, 0.3) is 0 Å². The predicted molar refractivity (Wildman–Crippen MR) is 77.0 cm³/mol. The molecule has 0 bridgehead atoms. The van der Waals surface area contributed by atoms with E-state index in [1.165, 1.54) is 6.07 Å². The molecule has 0 heterocycles. The average Bonchev–Trinajstić information content (AvgIpc) is 2.38. The van der Waals surface area contributed by atoms with Gasteiger partial charge in [-0.3, -0.25) is 14.9 Å². The molecule has 20 heavy (non-hydrogen) atoms. The topological polar surface area (TPSA) is 72.7 Å². The fourth-order valence-electron chi connectivity index (χ4n) is 1.96. The second kappa shape index (κ2) is 7.47. The van der Waals surface area contributed by atoms with Crippen LogP contribution in [0.15, 0.2) is 18.2 Å². The van der Waals surface area contributed by atoms with Gasteiger partial charge in [0, 0.05) is 12.6 Å². The van der Waals surface area contributed by atoms with Crippen LogP contribution < -0.4 is 4.90 Å². The molecule has 0 amide bonds. The molecule has 1 aromatic carbocycles. The fraction of sp³-hybridized carbons (Fsp3) is 0.500. The Balaban J connectivity index is 3.09. The van der Waals surface area contributed by atoms with Crippen LogP contribution in [-0.2, 0) is 9.53 Å². The lowest BCUT2D eigenvalue weighted by molar-refractivity contribution is -0.384. The number of carbonyl (C=O) groups is 1. The first-order valence-electron chi connectivity index (χ1n) is 6.65. The molecule has 0 aliphatic carbocycles. The number of benzene rings is 1. The molecule has 6 heteroatoms. The highest BCUT2D eigenvalue weighted by Crippen LogP contribution is 2.29. The van der Waals surface area contributed by atoms with Gasteiger partial charge in [-0.05, 0) is 31.9 Å². The summed E-state index contributed by atoms with van der Waals surface area (Å²) in [5, 5.41) is 11.1. The minimum absolute atomic E-state index is 0.00773. The second-order valence-corrected chi connectivity index (χ2v) is 4.48. The number of aryl methyl sites for hydroxylation is 1. The third-order valence-electron chi connectivity index (χ3n) is 2.79. The van der Waals surface area contributed by atoms with Gasteiger partial charge in [0.1, 0.15) is 12.2 Å². The van der Waals surface area contributed by atoms with E-state index in [1.54, 1.807) is 24.0 Å². The predicted octanol–water partition coefficient (Wildman–Crippen LogP) is 2.68. The Kier molecular flexibility index (Phi) is 5.96. The van der Waals surface area contributed by atoms with Gasteiger partial charge in [0.25, 0.3) is 5.69 Å². The maximum absolute atomic E-state index is 11.6. The van der Waals surface area contributed by atoms with Crippen LogP contribution in [0, 0.1) is 17.0 Å². The third-order valence-corrected chi connectivity index (χ3v) is 2.79. The molecule has 0 unspecified atom stereocenters. The summed E-state index contributed by atoms with van der Waals surface area (Å²) in [6.07, 6.45) is 0.782. The number of ether oxygens (including phenoxy) is 1. The number of nitrogens with zero attached hydrogens (tertiary/aromatic N) is 2. The Bertz CT molecular complexity index is 488. The first kappa shape index (κ1) is 15.9. The number of nitro groups is 1. The largest absolute Gasteiger partial charge is 0.465 e. The number of hydrogen-bond acceptors (Lipinski definition) is 5. The van der Waals surface area contributed by atoms with E-state index in [2.05, 4.69) is 0 Å². The van der Waals surface area contributed by atoms with Gasteiger partial charge in [-0.1, -0.05) is 13.0 Å². The van der Waals surface area contributed by atoms with Crippen molar-refractivity contribution in [1.82, 2.24) is 0 Å². The number of nitro benzene ring substituents is 1. The number of rotatable bonds is 7. The molecule has 0 N–H and O–H groups in total. The lowest BCUT2D eigenvalue weighted by atomic mass is 10.1. The number of hydrogen-bond donors (Lipinski definition) is 0. The molecular weight excluding hydrogens is 260 g/mol. The number of esters is 1. The standard InChI is InChI=1S/C14H20N2O4/c1-4-8-15(10-14(17)20-5-2)13-9-11(3)6-7-12(13)16(18)19/h6-7,9H,4-5,8,10H2,1-3H3. The molecular formula is C14H20N2O4. The summed E-state index contributed by atoms with van der Waals surface area (Å²) in [4.78, 5) is 24.0. The van der Waals surface area contributed by atoms with Crippen molar-refractivity contribution in [2.24, 2.45) is 0 Å². The van der Waals surface area contributed by atoms with Crippen LogP contribution in [0.3, 0.4) is 0 Å². The molecule has 0 fully saturated rings. The molecule has 0 aliphatic rings. The number of carbonyl (C=O) groups excluding carboxylic acids is 1. The van der Waals surface area contributed by atoms with E-state index in [9.17, 15) is 14.9 Å². The van der Waals surface area contributed by atoms with E-state index < -0.39 is 4.92 Å². The Hall–Kier alpha value is -2.11. The molecule has 0 aliphatic heterocycles. The van der Waals surface area contributed by atoms with E-state index in [-0.39, 0.29) is 18.2 Å². The monoisotopic (exact) mass is 280 g/mol. The summed E-state index contributed by atoms with van der Waals surface area (Å²) < 4.78 is 4.92. The Morgan fingerprint density at radius 3 is 2.65 bits per heavy atom. The van der Waals surface area contributed by atoms with Gasteiger partial charge in [-0.25, -0.2) is 0 Å². The van der Waals surface area contributed by atoms with Gasteiger partial charge in [0.05, 0.1) is 11.5 Å². The van der Waals surface area contributed by atoms with Crippen LogP contribution in [0.5, 0.6) is 0 Å². The van der Waals surface area contributed by atoms with Gasteiger partial charge >= 0.3 is 5.97 Å². The molecule has 0 saturated heterocycles. The first-order valence-corrected chi connectivity index (χ1v) is 6.65. The van der Waals surface area contributed by atoms with Crippen LogP contribution in [0.2, 0.25) is 0 Å². The first-order chi connectivity index (χ1) is 9.49. The quantitative estimate of drug-likeness (QED) is 0.436. The van der Waals surface area contributed by atoms with Crippen LogP contribution >= 0.6 is 0 Å². The molecule has 0 atom stereocenters. The van der Waals surface area contributed by atoms with Crippen molar-refractivity contribution in [2.75, 3.05) is 24.6 Å². The van der Waals surface area contributed by atoms with E-state index >= 15 is 0 Å². The van der Waals surface area contributed by atoms with Gasteiger partial charge in [-0.15, -0.1) is 0 Å². The molecule has 0 aromatic heterocycles. The highest BCUT2D eigenvalue weighted by Gasteiger charge is 2.21. The van der Waals surface area contributed by atoms with E-state index in [4.69, 9.17) is 4.74 Å². The van der Waals surface area contributed by atoms with E-state index in [1.807, 2.05) is 13.8 Å². The van der Waals surface area contributed by atoms with Crippen molar-refractivity contribution in [3.05, 3.63) is 33.9 Å². The molecule has 0 saturated carbocycles. The highest BCUT2D eigenvalue weighted by atomic mass is 16.6. The van der Waals surface area contributed by atoms with Crippen molar-refractivity contribution in [2.45, 2.75) is 27.2 Å². The van der Waals surface area contributed by atoms with Crippen molar-refractivity contribution in [3.63, 3.8) is 0 Å². The molecule has 1 rings (SSSR count). The van der Waals surface area contributed by atoms with Gasteiger partial charge in [0.2, 0.25) is 0 Å². The zero-order valence-electron chi connectivity index (χ0n) is 12.1. The molecule has 0 radical (unpaired) electrons. The summed E-state index contributed by atoms with van der Waals surface area (Å²) in [6, 6.07) is 4.89. The van der Waals surface area contributed by atoms with E-state index in [0.717, 1.165) is 12.0 Å². The van der Waals surface area contributed by atoms with Gasteiger partial charge in [0.15, 0.2) is 0 Å². The van der Waals surface area contributed by atoms with Crippen LogP contribution in [-0.4, -0.2) is 30.6 Å². The molecule has 1 aromatic rings. The summed E-state index contributed by atoms with van der Waals surface area (Å²) in [6.45, 7) is 6.43. The lowest BCUT2D eigenvalue weighted by Gasteiger charge is -2.23. The summed E-state index contributed by atoms with van der Waals surface area (Å²) in [7, 11) is 0. The van der Waals surface area contributed by atoms with Gasteiger partial charge < -0.3 is 9.64 Å². The zero-order chi connectivity index (χ0) is 15.1. The van der Waals surface area contributed by atoms with Crippen molar-refractivity contribution < 1.29 is 14.5 Å². The minimum atomic E-state index is -0.428. The fourth-order valence-corrected chi connectivity index (χ4v) is 1.96. The minimum Gasteiger partial charge on any atom is -0.465 e. The third kappa shape index (κ3) is 4.22. The molecule has 0 spiro atoms. The van der Waals surface area contributed by atoms with Crippen LogP contribution in [0.1, 0.15) is 25.8 Å². The lowest BCUT2D eigenvalue weighted by Crippen LogP contribution is -2.32. The molecule has 110 valence electrons. The summed E-state index contributed by atoms with van der Waals surface area (Å²) in [5.74, 6) is -0.378. The Morgan fingerprint density at radius 1 is 1.40 bits per heavy atom. The van der Waals surface area contributed by atoms with Crippen molar-refractivity contribution in [3.8, 4) is 0 Å². The SMILES string of the molecule is CCCN(CC(=O)OCC)c1cc(C)ccc1[N+](=O)[O-]. The Morgan fingerprint density at radius 2 is 2.10 bits per heavy atom. The maximum Gasteiger partial charge on any atom is 0.325 e. The number of anilines is 1.